The number of hydrogen-bond donors (Lipinski definition) is 1. The number of hydrogen-bond acceptors (Lipinski definition) is 4. The molecule has 7 heteroatoms. The second kappa shape index (κ2) is 6.49. The first-order chi connectivity index (χ1) is 9.61. The van der Waals surface area contributed by atoms with Crippen molar-refractivity contribution in [1.82, 2.24) is 19.9 Å². The van der Waals surface area contributed by atoms with Gasteiger partial charge in [0.25, 0.3) is 5.91 Å². The zero-order valence-corrected chi connectivity index (χ0v) is 11.7. The minimum Gasteiger partial charge on any atom is -0.480 e. The lowest BCUT2D eigenvalue weighted by Gasteiger charge is -2.35. The van der Waals surface area contributed by atoms with E-state index in [0.717, 1.165) is 38.6 Å². The molecule has 0 spiro atoms. The molecule has 1 unspecified atom stereocenters. The fourth-order valence-corrected chi connectivity index (χ4v) is 2.66. The molecule has 1 fully saturated rings. The number of nitrogens with zero attached hydrogens (tertiary/aromatic N) is 4. The van der Waals surface area contributed by atoms with Gasteiger partial charge in [0.2, 0.25) is 0 Å². The van der Waals surface area contributed by atoms with Crippen LogP contribution in [0.3, 0.4) is 0 Å². The highest BCUT2D eigenvalue weighted by atomic mass is 16.4. The number of carbonyl (C=O) groups excluding carboxylic acids is 1. The normalized spacial score (nSPS) is 19.1. The summed E-state index contributed by atoms with van der Waals surface area (Å²) in [6.45, 7) is 2.58. The van der Waals surface area contributed by atoms with E-state index in [2.05, 4.69) is 17.2 Å². The van der Waals surface area contributed by atoms with Crippen LogP contribution in [-0.4, -0.2) is 49.5 Å². The SMILES string of the molecule is CCCC1CCCCN1C(=O)c1cn(CC(=O)O)nn1. The smallest absolute Gasteiger partial charge is 0.325 e. The van der Waals surface area contributed by atoms with Crippen LogP contribution in [0, 0.1) is 0 Å². The molecule has 7 nitrogen and oxygen atoms in total. The Bertz CT molecular complexity index is 484. The summed E-state index contributed by atoms with van der Waals surface area (Å²) in [4.78, 5) is 24.9. The van der Waals surface area contributed by atoms with Crippen LogP contribution in [0.1, 0.15) is 49.5 Å². The lowest BCUT2D eigenvalue weighted by molar-refractivity contribution is -0.137. The number of carbonyl (C=O) groups is 2. The van der Waals surface area contributed by atoms with Crippen molar-refractivity contribution >= 4 is 11.9 Å². The Morgan fingerprint density at radius 1 is 1.45 bits per heavy atom. The van der Waals surface area contributed by atoms with E-state index in [9.17, 15) is 9.59 Å². The topological polar surface area (TPSA) is 88.3 Å². The Morgan fingerprint density at radius 2 is 2.25 bits per heavy atom. The number of aliphatic carboxylic acids is 1. The molecule has 1 N–H and O–H groups in total. The third kappa shape index (κ3) is 3.34. The number of carboxylic acid groups (broad SMARTS) is 1. The molecule has 0 saturated carbocycles. The molecule has 2 heterocycles. The Labute approximate surface area is 117 Å². The number of likely N-dealkylation sites (tertiary alicyclic amines) is 1. The number of carboxylic acids is 1. The van der Waals surface area contributed by atoms with Gasteiger partial charge in [-0.25, -0.2) is 4.68 Å². The van der Waals surface area contributed by atoms with Gasteiger partial charge in [-0.2, -0.15) is 0 Å². The van der Waals surface area contributed by atoms with Crippen LogP contribution in [-0.2, 0) is 11.3 Å². The average Bonchev–Trinajstić information content (AvgIpc) is 2.86. The summed E-state index contributed by atoms with van der Waals surface area (Å²) in [5, 5.41) is 16.2. The largest absolute Gasteiger partial charge is 0.480 e. The van der Waals surface area contributed by atoms with Gasteiger partial charge in [-0.15, -0.1) is 5.10 Å². The number of rotatable bonds is 5. The van der Waals surface area contributed by atoms with Crippen molar-refractivity contribution in [3.63, 3.8) is 0 Å². The molecule has 0 aromatic carbocycles. The van der Waals surface area contributed by atoms with Crippen molar-refractivity contribution in [2.75, 3.05) is 6.54 Å². The summed E-state index contributed by atoms with van der Waals surface area (Å²) in [6.07, 6.45) is 6.64. The summed E-state index contributed by atoms with van der Waals surface area (Å²) in [7, 11) is 0. The molecule has 1 amide bonds. The van der Waals surface area contributed by atoms with E-state index in [0.29, 0.717) is 0 Å². The summed E-state index contributed by atoms with van der Waals surface area (Å²) in [5.74, 6) is -1.14. The molecule has 1 aromatic heterocycles. The van der Waals surface area contributed by atoms with Crippen LogP contribution < -0.4 is 0 Å². The maximum absolute atomic E-state index is 12.4. The van der Waals surface area contributed by atoms with Crippen molar-refractivity contribution in [2.24, 2.45) is 0 Å². The van der Waals surface area contributed by atoms with Crippen molar-refractivity contribution in [3.8, 4) is 0 Å². The molecule has 1 aliphatic rings. The third-order valence-electron chi connectivity index (χ3n) is 3.56. The summed E-state index contributed by atoms with van der Waals surface area (Å²) < 4.78 is 1.17. The monoisotopic (exact) mass is 280 g/mol. The van der Waals surface area contributed by atoms with Crippen LogP contribution in [0.2, 0.25) is 0 Å². The van der Waals surface area contributed by atoms with Crippen LogP contribution in [0.25, 0.3) is 0 Å². The van der Waals surface area contributed by atoms with Gasteiger partial charge in [0, 0.05) is 12.6 Å². The van der Waals surface area contributed by atoms with Crippen molar-refractivity contribution in [3.05, 3.63) is 11.9 Å². The Kier molecular flexibility index (Phi) is 4.70. The molecule has 1 aromatic rings. The van der Waals surface area contributed by atoms with Gasteiger partial charge in [-0.05, 0) is 25.7 Å². The molecule has 1 saturated heterocycles. The van der Waals surface area contributed by atoms with E-state index >= 15 is 0 Å². The first-order valence-electron chi connectivity index (χ1n) is 7.04. The average molecular weight is 280 g/mol. The standard InChI is InChI=1S/C13H20N4O3/c1-2-5-10-6-3-4-7-17(10)13(20)11-8-16(15-14-11)9-12(18)19/h8,10H,2-7,9H2,1H3,(H,18,19). The first kappa shape index (κ1) is 14.5. The fraction of sp³-hybridized carbons (Fsp3) is 0.692. The molecule has 1 atom stereocenters. The van der Waals surface area contributed by atoms with Gasteiger partial charge in [0.05, 0.1) is 6.20 Å². The zero-order valence-electron chi connectivity index (χ0n) is 11.7. The van der Waals surface area contributed by atoms with Gasteiger partial charge >= 0.3 is 5.97 Å². The molecule has 0 aliphatic carbocycles. The van der Waals surface area contributed by atoms with Gasteiger partial charge in [0.1, 0.15) is 6.54 Å². The second-order valence-electron chi connectivity index (χ2n) is 5.13. The molecule has 0 bridgehead atoms. The van der Waals surface area contributed by atoms with E-state index < -0.39 is 5.97 Å². The van der Waals surface area contributed by atoms with Crippen molar-refractivity contribution in [2.45, 2.75) is 51.6 Å². The number of piperidine rings is 1. The predicted octanol–water partition coefficient (Wildman–Crippen LogP) is 1.16. The fourth-order valence-electron chi connectivity index (χ4n) is 2.66. The van der Waals surface area contributed by atoms with Crippen molar-refractivity contribution in [1.29, 1.82) is 0 Å². The molecule has 0 radical (unpaired) electrons. The van der Waals surface area contributed by atoms with Gasteiger partial charge in [-0.3, -0.25) is 9.59 Å². The minimum atomic E-state index is -1.00. The first-order valence-corrected chi connectivity index (χ1v) is 7.04. The lowest BCUT2D eigenvalue weighted by Crippen LogP contribution is -2.43. The highest BCUT2D eigenvalue weighted by Crippen LogP contribution is 2.22. The summed E-state index contributed by atoms with van der Waals surface area (Å²) >= 11 is 0. The second-order valence-corrected chi connectivity index (χ2v) is 5.13. The highest BCUT2D eigenvalue weighted by Gasteiger charge is 2.28. The molecule has 20 heavy (non-hydrogen) atoms. The van der Waals surface area contributed by atoms with Crippen molar-refractivity contribution < 1.29 is 14.7 Å². The summed E-state index contributed by atoms with van der Waals surface area (Å²) in [6, 6.07) is 0.269. The van der Waals surface area contributed by atoms with Crippen LogP contribution >= 0.6 is 0 Å². The quantitative estimate of drug-likeness (QED) is 0.874. The van der Waals surface area contributed by atoms with E-state index in [-0.39, 0.29) is 24.2 Å². The Balaban J connectivity index is 2.08. The van der Waals surface area contributed by atoms with E-state index in [4.69, 9.17) is 5.11 Å². The van der Waals surface area contributed by atoms with Gasteiger partial charge < -0.3 is 10.0 Å². The minimum absolute atomic E-state index is 0.139. The van der Waals surface area contributed by atoms with E-state index in [1.54, 1.807) is 0 Å². The zero-order chi connectivity index (χ0) is 14.5. The molecule has 1 aliphatic heterocycles. The predicted molar refractivity (Wildman–Crippen MR) is 71.2 cm³/mol. The van der Waals surface area contributed by atoms with Crippen LogP contribution in [0.4, 0.5) is 0 Å². The van der Waals surface area contributed by atoms with E-state index in [1.165, 1.54) is 10.9 Å². The maximum atomic E-state index is 12.4. The summed E-state index contributed by atoms with van der Waals surface area (Å²) in [5.41, 5.74) is 0.231. The number of aromatic nitrogens is 3. The van der Waals surface area contributed by atoms with Crippen LogP contribution in [0.15, 0.2) is 6.20 Å². The van der Waals surface area contributed by atoms with Crippen LogP contribution in [0.5, 0.6) is 0 Å². The molecular formula is C13H20N4O3. The van der Waals surface area contributed by atoms with E-state index in [1.807, 2.05) is 4.90 Å². The molecule has 2 rings (SSSR count). The molecule has 110 valence electrons. The highest BCUT2D eigenvalue weighted by molar-refractivity contribution is 5.92. The third-order valence-corrected chi connectivity index (χ3v) is 3.56. The number of amides is 1. The Hall–Kier alpha value is -1.92. The van der Waals surface area contributed by atoms with Gasteiger partial charge in [0.15, 0.2) is 5.69 Å². The molecular weight excluding hydrogens is 260 g/mol. The lowest BCUT2D eigenvalue weighted by atomic mass is 9.98. The maximum Gasteiger partial charge on any atom is 0.325 e. The Morgan fingerprint density at radius 3 is 2.95 bits per heavy atom. The van der Waals surface area contributed by atoms with Gasteiger partial charge in [-0.1, -0.05) is 18.6 Å².